The van der Waals surface area contributed by atoms with Gasteiger partial charge in [0.25, 0.3) is 14.2 Å². The van der Waals surface area contributed by atoms with E-state index in [9.17, 15) is 8.42 Å². The molecule has 0 spiro atoms. The van der Waals surface area contributed by atoms with E-state index in [1.165, 1.54) is 11.6 Å². The highest BCUT2D eigenvalue weighted by Gasteiger charge is 2.22. The minimum Gasteiger partial charge on any atom is -0.300 e. The second kappa shape index (κ2) is 4.53. The average Bonchev–Trinajstić information content (AvgIpc) is 2.64. The molecule has 8 heteroatoms. The Hall–Kier alpha value is -1.11. The molecule has 1 aromatic heterocycles. The second-order valence-electron chi connectivity index (χ2n) is 3.74. The highest BCUT2D eigenvalue weighted by Crippen LogP contribution is 2.30. The van der Waals surface area contributed by atoms with Gasteiger partial charge in [-0.1, -0.05) is 23.7 Å². The summed E-state index contributed by atoms with van der Waals surface area (Å²) < 4.78 is 23.8. The van der Waals surface area contributed by atoms with E-state index in [0.717, 1.165) is 5.56 Å². The molecule has 2 aromatic rings. The third kappa shape index (κ3) is 2.23. The zero-order valence-electron chi connectivity index (χ0n) is 9.55. The van der Waals surface area contributed by atoms with Gasteiger partial charge in [0.2, 0.25) is 0 Å². The fraction of sp³-hybridized carbons (Fsp3) is 0.200. The number of hydrogen-bond donors (Lipinski definition) is 0. The van der Waals surface area contributed by atoms with Crippen molar-refractivity contribution < 1.29 is 8.42 Å². The van der Waals surface area contributed by atoms with Crippen molar-refractivity contribution in [2.24, 2.45) is 7.05 Å². The highest BCUT2D eigenvalue weighted by molar-refractivity contribution is 8.13. The van der Waals surface area contributed by atoms with E-state index in [2.05, 4.69) is 10.2 Å². The fourth-order valence-corrected chi connectivity index (χ4v) is 2.75. The Morgan fingerprint density at radius 2 is 1.94 bits per heavy atom. The summed E-state index contributed by atoms with van der Waals surface area (Å²) in [6, 6.07) is 5.39. The molecule has 5 nitrogen and oxygen atoms in total. The molecule has 0 bridgehead atoms. The maximum Gasteiger partial charge on any atom is 0.296 e. The zero-order chi connectivity index (χ0) is 13.5. The molecule has 18 heavy (non-hydrogen) atoms. The normalized spacial score (nSPS) is 11.8. The van der Waals surface area contributed by atoms with Crippen molar-refractivity contribution in [1.82, 2.24) is 14.8 Å². The van der Waals surface area contributed by atoms with Crippen LogP contribution in [0.4, 0.5) is 0 Å². The molecule has 0 amide bonds. The first-order valence-electron chi connectivity index (χ1n) is 4.92. The number of rotatable bonds is 2. The van der Waals surface area contributed by atoms with Crippen LogP contribution in [-0.2, 0) is 16.1 Å². The Morgan fingerprint density at radius 3 is 2.50 bits per heavy atom. The molecular formula is C10H9Cl2N3O2S. The van der Waals surface area contributed by atoms with Gasteiger partial charge in [0, 0.05) is 23.3 Å². The van der Waals surface area contributed by atoms with Crippen LogP contribution in [0, 0.1) is 6.92 Å². The van der Waals surface area contributed by atoms with Gasteiger partial charge in [0.15, 0.2) is 5.82 Å². The van der Waals surface area contributed by atoms with Crippen LogP contribution < -0.4 is 0 Å². The van der Waals surface area contributed by atoms with Crippen molar-refractivity contribution in [3.63, 3.8) is 0 Å². The lowest BCUT2D eigenvalue weighted by atomic mass is 10.1. The summed E-state index contributed by atoms with van der Waals surface area (Å²) in [7, 11) is 2.84. The van der Waals surface area contributed by atoms with Gasteiger partial charge in [-0.2, -0.15) is 0 Å². The van der Waals surface area contributed by atoms with Gasteiger partial charge in [-0.15, -0.1) is 10.2 Å². The van der Waals surface area contributed by atoms with Crippen LogP contribution in [0.1, 0.15) is 5.56 Å². The third-order valence-corrected chi connectivity index (χ3v) is 4.19. The van der Waals surface area contributed by atoms with E-state index >= 15 is 0 Å². The Bertz CT molecular complexity index is 710. The standard InChI is InChI=1S/C10H9Cl2N3O2S/c1-6-4-3-5-7(8(6)11)9-13-14-10(15(9)2)18(12,16)17/h3-5H,1-2H3. The van der Waals surface area contributed by atoms with Crippen molar-refractivity contribution in [2.75, 3.05) is 0 Å². The van der Waals surface area contributed by atoms with E-state index in [1.54, 1.807) is 12.1 Å². The maximum atomic E-state index is 11.3. The number of halogens is 2. The molecule has 0 unspecified atom stereocenters. The Balaban J connectivity index is 2.67. The largest absolute Gasteiger partial charge is 0.300 e. The number of benzene rings is 1. The lowest BCUT2D eigenvalue weighted by molar-refractivity contribution is 0.593. The van der Waals surface area contributed by atoms with Gasteiger partial charge >= 0.3 is 0 Å². The number of aromatic nitrogens is 3. The molecule has 0 N–H and O–H groups in total. The van der Waals surface area contributed by atoms with Crippen molar-refractivity contribution in [3.05, 3.63) is 28.8 Å². The van der Waals surface area contributed by atoms with E-state index < -0.39 is 9.05 Å². The van der Waals surface area contributed by atoms with Crippen LogP contribution in [-0.4, -0.2) is 23.2 Å². The fourth-order valence-electron chi connectivity index (χ4n) is 1.58. The summed E-state index contributed by atoms with van der Waals surface area (Å²) in [5, 5.41) is 7.59. The molecule has 0 saturated carbocycles. The molecule has 0 saturated heterocycles. The third-order valence-electron chi connectivity index (χ3n) is 2.49. The molecule has 0 aliphatic carbocycles. The van der Waals surface area contributed by atoms with Gasteiger partial charge in [0.05, 0.1) is 5.02 Å². The van der Waals surface area contributed by atoms with Crippen molar-refractivity contribution in [2.45, 2.75) is 12.1 Å². The predicted octanol–water partition coefficient (Wildman–Crippen LogP) is 2.37. The summed E-state index contributed by atoms with van der Waals surface area (Å²) in [5.74, 6) is 0.350. The molecule has 0 radical (unpaired) electrons. The van der Waals surface area contributed by atoms with Crippen LogP contribution in [0.5, 0.6) is 0 Å². The minimum absolute atomic E-state index is 0.309. The minimum atomic E-state index is -3.93. The van der Waals surface area contributed by atoms with E-state index in [1.807, 2.05) is 13.0 Å². The molecule has 2 rings (SSSR count). The van der Waals surface area contributed by atoms with Gasteiger partial charge in [-0.25, -0.2) is 8.42 Å². The van der Waals surface area contributed by atoms with Gasteiger partial charge < -0.3 is 0 Å². The number of hydrogen-bond acceptors (Lipinski definition) is 4. The average molecular weight is 306 g/mol. The van der Waals surface area contributed by atoms with Gasteiger partial charge in [-0.3, -0.25) is 4.57 Å². The SMILES string of the molecule is Cc1cccc(-c2nnc(S(=O)(=O)Cl)n2C)c1Cl. The summed E-state index contributed by atoms with van der Waals surface area (Å²) in [6.07, 6.45) is 0. The molecule has 0 aliphatic heterocycles. The molecule has 96 valence electrons. The van der Waals surface area contributed by atoms with Crippen LogP contribution in [0.2, 0.25) is 5.02 Å². The topological polar surface area (TPSA) is 64.8 Å². The second-order valence-corrected chi connectivity index (χ2v) is 6.58. The maximum absolute atomic E-state index is 11.3. The Morgan fingerprint density at radius 1 is 1.28 bits per heavy atom. The van der Waals surface area contributed by atoms with Gasteiger partial charge in [0.1, 0.15) is 0 Å². The first kappa shape index (κ1) is 13.3. The monoisotopic (exact) mass is 305 g/mol. The first-order valence-corrected chi connectivity index (χ1v) is 7.60. The van der Waals surface area contributed by atoms with Crippen molar-refractivity contribution in [1.29, 1.82) is 0 Å². The smallest absolute Gasteiger partial charge is 0.296 e. The van der Waals surface area contributed by atoms with Crippen LogP contribution in [0.3, 0.4) is 0 Å². The summed E-state index contributed by atoms with van der Waals surface area (Å²) in [5.41, 5.74) is 1.48. The van der Waals surface area contributed by atoms with Crippen LogP contribution >= 0.6 is 22.3 Å². The number of nitrogens with zero attached hydrogens (tertiary/aromatic N) is 3. The van der Waals surface area contributed by atoms with Gasteiger partial charge in [-0.05, 0) is 18.6 Å². The lowest BCUT2D eigenvalue weighted by Gasteiger charge is -2.06. The Kier molecular flexibility index (Phi) is 3.35. The van der Waals surface area contributed by atoms with Crippen molar-refractivity contribution >= 4 is 31.3 Å². The molecule has 0 aliphatic rings. The molecule has 0 atom stereocenters. The van der Waals surface area contributed by atoms with Crippen molar-refractivity contribution in [3.8, 4) is 11.4 Å². The van der Waals surface area contributed by atoms with E-state index in [0.29, 0.717) is 16.4 Å². The summed E-state index contributed by atoms with van der Waals surface area (Å²) >= 11 is 6.16. The molecule has 0 fully saturated rings. The number of aryl methyl sites for hydroxylation is 1. The van der Waals surface area contributed by atoms with E-state index in [4.69, 9.17) is 22.3 Å². The predicted molar refractivity (Wildman–Crippen MR) is 69.2 cm³/mol. The summed E-state index contributed by atoms with van der Waals surface area (Å²) in [6.45, 7) is 1.85. The zero-order valence-corrected chi connectivity index (χ0v) is 11.9. The quantitative estimate of drug-likeness (QED) is 0.799. The lowest BCUT2D eigenvalue weighted by Crippen LogP contribution is -2.03. The molecule has 1 heterocycles. The Labute approximate surface area is 114 Å². The summed E-state index contributed by atoms with van der Waals surface area (Å²) in [4.78, 5) is 0. The molecule has 1 aromatic carbocycles. The first-order chi connectivity index (χ1) is 8.32. The molecular weight excluding hydrogens is 297 g/mol. The van der Waals surface area contributed by atoms with Crippen LogP contribution in [0.15, 0.2) is 23.4 Å². The van der Waals surface area contributed by atoms with E-state index in [-0.39, 0.29) is 5.16 Å². The highest BCUT2D eigenvalue weighted by atomic mass is 35.7. The van der Waals surface area contributed by atoms with Crippen LogP contribution in [0.25, 0.3) is 11.4 Å².